The van der Waals surface area contributed by atoms with Gasteiger partial charge in [-0.05, 0) is 62.9 Å². The lowest BCUT2D eigenvalue weighted by Gasteiger charge is -2.30. The summed E-state index contributed by atoms with van der Waals surface area (Å²) in [7, 11) is 0. The zero-order valence-electron chi connectivity index (χ0n) is 12.7. The molecule has 0 aliphatic carbocycles. The molecule has 1 heterocycles. The lowest BCUT2D eigenvalue weighted by molar-refractivity contribution is 0.125. The Morgan fingerprint density at radius 1 is 1.35 bits per heavy atom. The summed E-state index contributed by atoms with van der Waals surface area (Å²) in [5.74, 6) is 1.70. The predicted molar refractivity (Wildman–Crippen MR) is 82.0 cm³/mol. The Labute approximate surface area is 122 Å². The van der Waals surface area contributed by atoms with E-state index in [0.29, 0.717) is 6.61 Å². The summed E-state index contributed by atoms with van der Waals surface area (Å²) in [6, 6.07) is 7.82. The second-order valence-corrected chi connectivity index (χ2v) is 5.83. The van der Waals surface area contributed by atoms with E-state index in [-0.39, 0.29) is 0 Å². The van der Waals surface area contributed by atoms with Crippen molar-refractivity contribution < 1.29 is 9.84 Å². The molecular formula is C17H27NO2. The van der Waals surface area contributed by atoms with Crippen LogP contribution in [0.2, 0.25) is 0 Å². The Balaban J connectivity index is 1.82. The molecule has 2 rings (SSSR count). The van der Waals surface area contributed by atoms with Gasteiger partial charge in [0.25, 0.3) is 0 Å². The molecule has 1 aliphatic heterocycles. The van der Waals surface area contributed by atoms with Crippen molar-refractivity contribution in [1.82, 2.24) is 4.90 Å². The zero-order chi connectivity index (χ0) is 14.4. The van der Waals surface area contributed by atoms with Crippen molar-refractivity contribution >= 4 is 0 Å². The molecular weight excluding hydrogens is 250 g/mol. The van der Waals surface area contributed by atoms with Crippen LogP contribution in [0.15, 0.2) is 24.3 Å². The maximum atomic E-state index is 10.3. The fourth-order valence-electron chi connectivity index (χ4n) is 2.74. The number of ether oxygens (including phenoxy) is 1. The van der Waals surface area contributed by atoms with E-state index in [1.54, 1.807) is 0 Å². The highest BCUT2D eigenvalue weighted by atomic mass is 16.5. The first-order valence-corrected chi connectivity index (χ1v) is 7.82. The standard InChI is InChI=1S/C17H27NO2/c1-3-20-16-6-4-5-15(13-16)17(19)9-12-18-10-7-14(2)8-11-18/h4-6,13-14,17,19H,3,7-12H2,1-2H3. The van der Waals surface area contributed by atoms with Gasteiger partial charge in [0.1, 0.15) is 5.75 Å². The van der Waals surface area contributed by atoms with Crippen molar-refractivity contribution in [2.24, 2.45) is 5.92 Å². The monoisotopic (exact) mass is 277 g/mol. The third-order valence-electron chi connectivity index (χ3n) is 4.15. The molecule has 3 heteroatoms. The van der Waals surface area contributed by atoms with Gasteiger partial charge in [0.15, 0.2) is 0 Å². The number of likely N-dealkylation sites (tertiary alicyclic amines) is 1. The normalized spacial score (nSPS) is 18.9. The number of benzene rings is 1. The van der Waals surface area contributed by atoms with Crippen molar-refractivity contribution in [2.45, 2.75) is 39.2 Å². The summed E-state index contributed by atoms with van der Waals surface area (Å²) in [6.45, 7) is 8.28. The van der Waals surface area contributed by atoms with Gasteiger partial charge in [0.05, 0.1) is 12.7 Å². The van der Waals surface area contributed by atoms with Crippen LogP contribution < -0.4 is 4.74 Å². The maximum absolute atomic E-state index is 10.3. The van der Waals surface area contributed by atoms with Crippen molar-refractivity contribution in [3.8, 4) is 5.75 Å². The number of hydrogen-bond acceptors (Lipinski definition) is 3. The summed E-state index contributed by atoms with van der Waals surface area (Å²) in [6.07, 6.45) is 2.98. The van der Waals surface area contributed by atoms with Gasteiger partial charge in [-0.2, -0.15) is 0 Å². The van der Waals surface area contributed by atoms with Crippen LogP contribution in [0.25, 0.3) is 0 Å². The Hall–Kier alpha value is -1.06. The van der Waals surface area contributed by atoms with Crippen LogP contribution >= 0.6 is 0 Å². The first kappa shape index (κ1) is 15.3. The average molecular weight is 277 g/mol. The highest BCUT2D eigenvalue weighted by Gasteiger charge is 2.17. The second-order valence-electron chi connectivity index (χ2n) is 5.83. The fraction of sp³-hybridized carbons (Fsp3) is 0.647. The number of aliphatic hydroxyl groups excluding tert-OH is 1. The van der Waals surface area contributed by atoms with E-state index in [9.17, 15) is 5.11 Å². The molecule has 1 fully saturated rings. The van der Waals surface area contributed by atoms with E-state index >= 15 is 0 Å². The predicted octanol–water partition coefficient (Wildman–Crippen LogP) is 3.24. The summed E-state index contributed by atoms with van der Waals surface area (Å²) in [4.78, 5) is 2.47. The zero-order valence-corrected chi connectivity index (χ0v) is 12.7. The molecule has 0 amide bonds. The highest BCUT2D eigenvalue weighted by Crippen LogP contribution is 2.23. The van der Waals surface area contributed by atoms with Crippen LogP contribution in [0, 0.1) is 5.92 Å². The molecule has 3 nitrogen and oxygen atoms in total. The van der Waals surface area contributed by atoms with Crippen LogP contribution in [0.1, 0.15) is 44.8 Å². The topological polar surface area (TPSA) is 32.7 Å². The molecule has 20 heavy (non-hydrogen) atoms. The van der Waals surface area contributed by atoms with Crippen LogP contribution in [0.5, 0.6) is 5.75 Å². The lowest BCUT2D eigenvalue weighted by Crippen LogP contribution is -2.34. The van der Waals surface area contributed by atoms with Crippen molar-refractivity contribution in [3.05, 3.63) is 29.8 Å². The first-order valence-electron chi connectivity index (χ1n) is 7.82. The lowest BCUT2D eigenvalue weighted by atomic mass is 9.98. The summed E-state index contributed by atoms with van der Waals surface area (Å²) in [5, 5.41) is 10.3. The van der Waals surface area contributed by atoms with Gasteiger partial charge in [-0.15, -0.1) is 0 Å². The van der Waals surface area contributed by atoms with E-state index in [2.05, 4.69) is 11.8 Å². The third-order valence-corrected chi connectivity index (χ3v) is 4.15. The molecule has 0 saturated carbocycles. The largest absolute Gasteiger partial charge is 0.494 e. The van der Waals surface area contributed by atoms with Crippen LogP contribution in [0.4, 0.5) is 0 Å². The van der Waals surface area contributed by atoms with Gasteiger partial charge in [-0.25, -0.2) is 0 Å². The van der Waals surface area contributed by atoms with Gasteiger partial charge in [-0.1, -0.05) is 19.1 Å². The molecule has 0 spiro atoms. The van der Waals surface area contributed by atoms with Crippen LogP contribution in [-0.2, 0) is 0 Å². The summed E-state index contributed by atoms with van der Waals surface area (Å²) in [5.41, 5.74) is 0.960. The molecule has 1 N–H and O–H groups in total. The Kier molecular flexibility index (Phi) is 5.86. The second kappa shape index (κ2) is 7.65. The summed E-state index contributed by atoms with van der Waals surface area (Å²) < 4.78 is 5.48. The number of piperidine rings is 1. The third kappa shape index (κ3) is 4.50. The van der Waals surface area contributed by atoms with E-state index in [4.69, 9.17) is 4.74 Å². The minimum absolute atomic E-state index is 0.394. The number of nitrogens with zero attached hydrogens (tertiary/aromatic N) is 1. The highest BCUT2D eigenvalue weighted by molar-refractivity contribution is 5.29. The Morgan fingerprint density at radius 3 is 2.80 bits per heavy atom. The van der Waals surface area contributed by atoms with E-state index in [1.807, 2.05) is 31.2 Å². The molecule has 0 radical (unpaired) electrons. The molecule has 1 unspecified atom stereocenters. The molecule has 1 aromatic carbocycles. The van der Waals surface area contributed by atoms with Crippen LogP contribution in [-0.4, -0.2) is 36.2 Å². The molecule has 1 saturated heterocycles. The number of hydrogen-bond donors (Lipinski definition) is 1. The van der Waals surface area contributed by atoms with Crippen molar-refractivity contribution in [2.75, 3.05) is 26.2 Å². The van der Waals surface area contributed by atoms with E-state index in [1.165, 1.54) is 25.9 Å². The SMILES string of the molecule is CCOc1cccc(C(O)CCN2CCC(C)CC2)c1. The van der Waals surface area contributed by atoms with Crippen LogP contribution in [0.3, 0.4) is 0 Å². The van der Waals surface area contributed by atoms with Gasteiger partial charge in [-0.3, -0.25) is 0 Å². The minimum Gasteiger partial charge on any atom is -0.494 e. The van der Waals surface area contributed by atoms with Gasteiger partial charge in [0, 0.05) is 6.54 Å². The van der Waals surface area contributed by atoms with E-state index < -0.39 is 6.10 Å². The molecule has 0 aromatic heterocycles. The molecule has 112 valence electrons. The minimum atomic E-state index is -0.394. The number of aliphatic hydroxyl groups is 1. The molecule has 1 aromatic rings. The smallest absolute Gasteiger partial charge is 0.119 e. The van der Waals surface area contributed by atoms with Crippen molar-refractivity contribution in [1.29, 1.82) is 0 Å². The van der Waals surface area contributed by atoms with Gasteiger partial charge < -0.3 is 14.7 Å². The van der Waals surface area contributed by atoms with Gasteiger partial charge in [0.2, 0.25) is 0 Å². The maximum Gasteiger partial charge on any atom is 0.119 e. The van der Waals surface area contributed by atoms with Gasteiger partial charge >= 0.3 is 0 Å². The quantitative estimate of drug-likeness (QED) is 0.866. The Morgan fingerprint density at radius 2 is 2.10 bits per heavy atom. The molecule has 1 atom stereocenters. The Bertz CT molecular complexity index is 400. The summed E-state index contributed by atoms with van der Waals surface area (Å²) >= 11 is 0. The molecule has 0 bridgehead atoms. The first-order chi connectivity index (χ1) is 9.69. The fourth-order valence-corrected chi connectivity index (χ4v) is 2.74. The average Bonchev–Trinajstić information content (AvgIpc) is 2.47. The molecule has 1 aliphatic rings. The number of rotatable bonds is 6. The van der Waals surface area contributed by atoms with Crippen molar-refractivity contribution in [3.63, 3.8) is 0 Å². The van der Waals surface area contributed by atoms with E-state index in [0.717, 1.165) is 30.2 Å².